The SMILES string of the molecule is C=C1[C@H]2C[C@H](O)[C@@]3(CO3)[C@@H]2[C@H]2OC(=O)C(=C)[C@@H]2C[C@H]1OC(=O)[C@@](C)(O)CCl. The molecule has 4 rings (SSSR count). The number of carbonyl (C=O) groups excluding carboxylic acids is 2. The molecule has 0 radical (unpaired) electrons. The van der Waals surface area contributed by atoms with Crippen molar-refractivity contribution >= 4 is 23.5 Å². The minimum Gasteiger partial charge on any atom is -0.458 e. The lowest BCUT2D eigenvalue weighted by Crippen LogP contribution is -2.41. The maximum absolute atomic E-state index is 12.4. The van der Waals surface area contributed by atoms with Crippen LogP contribution in [0.15, 0.2) is 24.3 Å². The molecule has 8 atom stereocenters. The molecule has 0 unspecified atom stereocenters. The van der Waals surface area contributed by atoms with Crippen molar-refractivity contribution in [2.24, 2.45) is 17.8 Å². The molecule has 0 bridgehead atoms. The lowest BCUT2D eigenvalue weighted by Gasteiger charge is -2.28. The Kier molecular flexibility index (Phi) is 4.24. The summed E-state index contributed by atoms with van der Waals surface area (Å²) in [5.74, 6) is -2.54. The van der Waals surface area contributed by atoms with Gasteiger partial charge in [0, 0.05) is 17.4 Å². The maximum Gasteiger partial charge on any atom is 0.339 e. The number of esters is 2. The fourth-order valence-corrected chi connectivity index (χ4v) is 4.90. The quantitative estimate of drug-likeness (QED) is 0.237. The Bertz CT molecular complexity index is 726. The molecule has 0 aromatic heterocycles. The predicted molar refractivity (Wildman–Crippen MR) is 93.8 cm³/mol. The van der Waals surface area contributed by atoms with Crippen LogP contribution in [-0.2, 0) is 23.8 Å². The Morgan fingerprint density at radius 3 is 2.67 bits per heavy atom. The van der Waals surface area contributed by atoms with E-state index in [0.717, 1.165) is 0 Å². The number of halogens is 1. The van der Waals surface area contributed by atoms with Crippen molar-refractivity contribution in [2.45, 2.75) is 49.3 Å². The topological polar surface area (TPSA) is 106 Å². The monoisotopic (exact) mass is 398 g/mol. The minimum atomic E-state index is -1.83. The predicted octanol–water partition coefficient (Wildman–Crippen LogP) is 0.712. The number of hydrogen-bond donors (Lipinski definition) is 2. The van der Waals surface area contributed by atoms with Gasteiger partial charge in [0.1, 0.15) is 17.8 Å². The second kappa shape index (κ2) is 6.04. The van der Waals surface area contributed by atoms with Crippen molar-refractivity contribution in [1.82, 2.24) is 0 Å². The highest BCUT2D eigenvalue weighted by Crippen LogP contribution is 2.60. The van der Waals surface area contributed by atoms with Gasteiger partial charge < -0.3 is 24.4 Å². The molecule has 0 amide bonds. The van der Waals surface area contributed by atoms with E-state index in [1.807, 2.05) is 0 Å². The van der Waals surface area contributed by atoms with E-state index in [0.29, 0.717) is 24.2 Å². The molecule has 27 heavy (non-hydrogen) atoms. The third-order valence-corrected chi connectivity index (χ3v) is 7.05. The summed E-state index contributed by atoms with van der Waals surface area (Å²) >= 11 is 5.66. The van der Waals surface area contributed by atoms with Gasteiger partial charge in [-0.2, -0.15) is 0 Å². The van der Waals surface area contributed by atoms with Gasteiger partial charge in [0.05, 0.1) is 18.6 Å². The lowest BCUT2D eigenvalue weighted by molar-refractivity contribution is -0.166. The van der Waals surface area contributed by atoms with Crippen molar-refractivity contribution in [2.75, 3.05) is 12.5 Å². The van der Waals surface area contributed by atoms with Gasteiger partial charge in [-0.05, 0) is 31.3 Å². The summed E-state index contributed by atoms with van der Waals surface area (Å²) in [7, 11) is 0. The zero-order valence-corrected chi connectivity index (χ0v) is 15.8. The van der Waals surface area contributed by atoms with Crippen molar-refractivity contribution in [3.63, 3.8) is 0 Å². The molecule has 2 saturated carbocycles. The Labute approximate surface area is 161 Å². The van der Waals surface area contributed by atoms with Crippen LogP contribution in [0.5, 0.6) is 0 Å². The zero-order valence-electron chi connectivity index (χ0n) is 15.0. The highest BCUT2D eigenvalue weighted by molar-refractivity contribution is 6.20. The van der Waals surface area contributed by atoms with E-state index in [-0.39, 0.29) is 30.1 Å². The highest BCUT2D eigenvalue weighted by Gasteiger charge is 2.70. The smallest absolute Gasteiger partial charge is 0.339 e. The van der Waals surface area contributed by atoms with E-state index in [9.17, 15) is 19.8 Å². The van der Waals surface area contributed by atoms with Gasteiger partial charge in [-0.15, -0.1) is 11.6 Å². The normalized spacial score (nSPS) is 45.0. The summed E-state index contributed by atoms with van der Waals surface area (Å²) in [6.07, 6.45) is -1.31. The molecule has 4 aliphatic rings. The summed E-state index contributed by atoms with van der Waals surface area (Å²) in [4.78, 5) is 24.5. The molecule has 8 heteroatoms. The van der Waals surface area contributed by atoms with Crippen LogP contribution in [-0.4, -0.2) is 64.2 Å². The molecule has 0 aromatic carbocycles. The van der Waals surface area contributed by atoms with Crippen LogP contribution in [0.1, 0.15) is 19.8 Å². The zero-order chi connectivity index (χ0) is 19.7. The second-order valence-electron chi connectivity index (χ2n) is 8.24. The average molecular weight is 399 g/mol. The molecule has 0 aromatic rings. The summed E-state index contributed by atoms with van der Waals surface area (Å²) in [5, 5.41) is 20.6. The molecule has 2 heterocycles. The Morgan fingerprint density at radius 2 is 2.07 bits per heavy atom. The number of ether oxygens (including phenoxy) is 3. The minimum absolute atomic E-state index is 0.241. The Morgan fingerprint density at radius 1 is 1.41 bits per heavy atom. The number of aliphatic hydroxyl groups excluding tert-OH is 1. The largest absolute Gasteiger partial charge is 0.458 e. The van der Waals surface area contributed by atoms with Gasteiger partial charge in [-0.1, -0.05) is 13.2 Å². The van der Waals surface area contributed by atoms with E-state index in [4.69, 9.17) is 25.8 Å². The molecule has 2 aliphatic carbocycles. The van der Waals surface area contributed by atoms with Crippen molar-refractivity contribution < 1.29 is 34.0 Å². The number of fused-ring (bicyclic) bond motifs is 4. The number of carbonyl (C=O) groups is 2. The first kappa shape index (κ1) is 18.9. The van der Waals surface area contributed by atoms with Crippen LogP contribution < -0.4 is 0 Å². The van der Waals surface area contributed by atoms with Crippen LogP contribution in [0.25, 0.3) is 0 Å². The van der Waals surface area contributed by atoms with E-state index >= 15 is 0 Å². The lowest BCUT2D eigenvalue weighted by atomic mass is 9.79. The second-order valence-corrected chi connectivity index (χ2v) is 8.51. The maximum atomic E-state index is 12.4. The van der Waals surface area contributed by atoms with Gasteiger partial charge >= 0.3 is 11.9 Å². The molecular weight excluding hydrogens is 376 g/mol. The van der Waals surface area contributed by atoms with Crippen LogP contribution in [0.3, 0.4) is 0 Å². The third-order valence-electron chi connectivity index (χ3n) is 6.53. The number of hydrogen-bond acceptors (Lipinski definition) is 7. The molecule has 4 fully saturated rings. The van der Waals surface area contributed by atoms with E-state index < -0.39 is 41.5 Å². The van der Waals surface area contributed by atoms with Crippen LogP contribution in [0.4, 0.5) is 0 Å². The fourth-order valence-electron chi connectivity index (χ4n) is 4.79. The summed E-state index contributed by atoms with van der Waals surface area (Å²) in [6, 6.07) is 0. The van der Waals surface area contributed by atoms with Crippen molar-refractivity contribution in [3.8, 4) is 0 Å². The number of epoxide rings is 1. The number of aliphatic hydroxyl groups is 2. The molecule has 1 spiro atoms. The standard InChI is InChI=1S/C19H23ClO7/c1-8-10-5-13(21)19(7-25-19)14(10)15-11(9(2)16(22)27-15)4-12(8)26-17(23)18(3,24)6-20/h10-15,21,24H,1-2,4-7H2,3H3/t10-,11+,12-,13+,14+,15+,18+,19+/m1/s1. The van der Waals surface area contributed by atoms with Crippen LogP contribution >= 0.6 is 11.6 Å². The van der Waals surface area contributed by atoms with E-state index in [1.54, 1.807) is 0 Å². The van der Waals surface area contributed by atoms with Crippen molar-refractivity contribution in [1.29, 1.82) is 0 Å². The Balaban J connectivity index is 1.68. The van der Waals surface area contributed by atoms with Gasteiger partial charge in [0.15, 0.2) is 5.60 Å². The molecule has 2 N–H and O–H groups in total. The third kappa shape index (κ3) is 2.67. The highest BCUT2D eigenvalue weighted by atomic mass is 35.5. The molecule has 2 aliphatic heterocycles. The van der Waals surface area contributed by atoms with Crippen LogP contribution in [0.2, 0.25) is 0 Å². The molecule has 148 valence electrons. The summed E-state index contributed by atoms with van der Waals surface area (Å²) in [6.45, 7) is 9.65. The number of alkyl halides is 1. The van der Waals surface area contributed by atoms with Gasteiger partial charge in [0.25, 0.3) is 0 Å². The first-order valence-corrected chi connectivity index (χ1v) is 9.55. The van der Waals surface area contributed by atoms with Gasteiger partial charge in [0.2, 0.25) is 0 Å². The van der Waals surface area contributed by atoms with E-state index in [1.165, 1.54) is 6.92 Å². The number of rotatable bonds is 3. The first-order chi connectivity index (χ1) is 12.6. The molecular formula is C19H23ClO7. The Hall–Kier alpha value is -1.41. The van der Waals surface area contributed by atoms with Gasteiger partial charge in [-0.25, -0.2) is 9.59 Å². The molecule has 7 nitrogen and oxygen atoms in total. The van der Waals surface area contributed by atoms with Gasteiger partial charge in [-0.3, -0.25) is 0 Å². The summed E-state index contributed by atoms with van der Waals surface area (Å²) in [5.41, 5.74) is -1.64. The van der Waals surface area contributed by atoms with Crippen molar-refractivity contribution in [3.05, 3.63) is 24.3 Å². The van der Waals surface area contributed by atoms with Crippen LogP contribution in [0, 0.1) is 17.8 Å². The molecule has 2 saturated heterocycles. The van der Waals surface area contributed by atoms with E-state index in [2.05, 4.69) is 13.2 Å². The average Bonchev–Trinajstić information content (AvgIpc) is 3.32. The fraction of sp³-hybridized carbons (Fsp3) is 0.684. The summed E-state index contributed by atoms with van der Waals surface area (Å²) < 4.78 is 16.8. The first-order valence-electron chi connectivity index (χ1n) is 9.02.